The van der Waals surface area contributed by atoms with E-state index in [1.807, 2.05) is 0 Å². The molecule has 0 aliphatic carbocycles. The molecule has 1 aromatic rings. The predicted molar refractivity (Wildman–Crippen MR) is 112 cm³/mol. The normalized spacial score (nSPS) is 18.5. The number of carbonyl (C=O) groups is 1. The lowest BCUT2D eigenvalue weighted by molar-refractivity contribution is -0.126. The van der Waals surface area contributed by atoms with Crippen LogP contribution in [-0.2, 0) is 14.8 Å². The van der Waals surface area contributed by atoms with Crippen LogP contribution in [0.2, 0.25) is 0 Å². The zero-order chi connectivity index (χ0) is 22.1. The second-order valence-corrected chi connectivity index (χ2v) is 9.18. The number of piperidine rings is 1. The highest BCUT2D eigenvalue weighted by Gasteiger charge is 2.36. The van der Waals surface area contributed by atoms with Crippen LogP contribution in [0, 0.1) is 0 Å². The number of aliphatic hydroxyl groups excluding tert-OH is 1. The van der Waals surface area contributed by atoms with Gasteiger partial charge in [0, 0.05) is 13.1 Å². The second kappa shape index (κ2) is 11.4. The van der Waals surface area contributed by atoms with Crippen LogP contribution in [0.4, 0.5) is 0 Å². The molecule has 1 aliphatic rings. The first-order valence-corrected chi connectivity index (χ1v) is 11.7. The van der Waals surface area contributed by atoms with Gasteiger partial charge in [-0.15, -0.1) is 0 Å². The number of aliphatic hydroxyl groups is 1. The Bertz CT molecular complexity index is 778. The Balaban J connectivity index is 1.93. The highest BCUT2D eigenvalue weighted by molar-refractivity contribution is 7.89. The van der Waals surface area contributed by atoms with Gasteiger partial charge in [-0.1, -0.05) is 19.4 Å². The smallest absolute Gasteiger partial charge is 0.238 e. The van der Waals surface area contributed by atoms with Gasteiger partial charge in [0.25, 0.3) is 0 Å². The molecule has 2 N–H and O–H groups in total. The highest BCUT2D eigenvalue weighted by atomic mass is 32.2. The van der Waals surface area contributed by atoms with E-state index in [1.54, 1.807) is 25.1 Å². The van der Waals surface area contributed by atoms with Gasteiger partial charge in [0.15, 0.2) is 11.5 Å². The largest absolute Gasteiger partial charge is 0.493 e. The second-order valence-electron chi connectivity index (χ2n) is 7.14. The SMILES string of the molecule is CCCS(=O)(=O)N1CCCCC1C(=O)NCC(O)COc1c(OC)cccc1OC. The van der Waals surface area contributed by atoms with Gasteiger partial charge in [0.1, 0.15) is 18.8 Å². The number of carbonyl (C=O) groups excluding carboxylic acids is 1. The summed E-state index contributed by atoms with van der Waals surface area (Å²) in [6, 6.07) is 4.43. The van der Waals surface area contributed by atoms with Crippen molar-refractivity contribution in [3.05, 3.63) is 18.2 Å². The molecule has 9 nitrogen and oxygen atoms in total. The van der Waals surface area contributed by atoms with Gasteiger partial charge in [-0.2, -0.15) is 4.31 Å². The lowest BCUT2D eigenvalue weighted by atomic mass is 10.0. The number of methoxy groups -OCH3 is 2. The molecule has 30 heavy (non-hydrogen) atoms. The number of hydrogen-bond acceptors (Lipinski definition) is 7. The molecule has 1 aliphatic heterocycles. The maximum atomic E-state index is 12.6. The third-order valence-corrected chi connectivity index (χ3v) is 6.97. The van der Waals surface area contributed by atoms with Crippen LogP contribution in [-0.4, -0.2) is 75.6 Å². The molecule has 1 aromatic carbocycles. The zero-order valence-electron chi connectivity index (χ0n) is 17.8. The number of amides is 1. The number of rotatable bonds is 11. The van der Waals surface area contributed by atoms with Gasteiger partial charge < -0.3 is 24.6 Å². The summed E-state index contributed by atoms with van der Waals surface area (Å²) >= 11 is 0. The minimum Gasteiger partial charge on any atom is -0.493 e. The molecule has 0 radical (unpaired) electrons. The molecule has 0 aromatic heterocycles. The summed E-state index contributed by atoms with van der Waals surface area (Å²) in [5.74, 6) is 0.906. The summed E-state index contributed by atoms with van der Waals surface area (Å²) in [4.78, 5) is 12.6. The average Bonchev–Trinajstić information content (AvgIpc) is 2.75. The van der Waals surface area contributed by atoms with Gasteiger partial charge in [-0.05, 0) is 31.4 Å². The Morgan fingerprint density at radius 1 is 1.27 bits per heavy atom. The maximum absolute atomic E-state index is 12.6. The van der Waals surface area contributed by atoms with E-state index in [1.165, 1.54) is 18.5 Å². The molecule has 2 atom stereocenters. The lowest BCUT2D eigenvalue weighted by Gasteiger charge is -2.33. The monoisotopic (exact) mass is 444 g/mol. The van der Waals surface area contributed by atoms with E-state index >= 15 is 0 Å². The molecule has 1 fully saturated rings. The minimum atomic E-state index is -3.47. The topological polar surface area (TPSA) is 114 Å². The highest BCUT2D eigenvalue weighted by Crippen LogP contribution is 2.36. The fourth-order valence-electron chi connectivity index (χ4n) is 3.41. The van der Waals surface area contributed by atoms with E-state index in [2.05, 4.69) is 5.32 Å². The van der Waals surface area contributed by atoms with Gasteiger partial charge in [-0.25, -0.2) is 8.42 Å². The minimum absolute atomic E-state index is 0.0218. The van der Waals surface area contributed by atoms with Gasteiger partial charge >= 0.3 is 0 Å². The van der Waals surface area contributed by atoms with E-state index in [-0.39, 0.29) is 18.9 Å². The van der Waals surface area contributed by atoms with Crippen LogP contribution in [0.5, 0.6) is 17.2 Å². The fraction of sp³-hybridized carbons (Fsp3) is 0.650. The van der Waals surface area contributed by atoms with Crippen molar-refractivity contribution >= 4 is 15.9 Å². The number of benzene rings is 1. The first-order chi connectivity index (χ1) is 14.3. The summed E-state index contributed by atoms with van der Waals surface area (Å²) in [6.07, 6.45) is 1.50. The summed E-state index contributed by atoms with van der Waals surface area (Å²) in [6.45, 7) is 1.98. The molecule has 2 unspecified atom stereocenters. The number of nitrogens with one attached hydrogen (secondary N) is 1. The average molecular weight is 445 g/mol. The predicted octanol–water partition coefficient (Wildman–Crippen LogP) is 1.15. The molecule has 0 saturated carbocycles. The van der Waals surface area contributed by atoms with Gasteiger partial charge in [0.2, 0.25) is 21.7 Å². The van der Waals surface area contributed by atoms with E-state index in [9.17, 15) is 18.3 Å². The van der Waals surface area contributed by atoms with Crippen molar-refractivity contribution in [2.75, 3.05) is 39.7 Å². The third kappa shape index (κ3) is 6.23. The van der Waals surface area contributed by atoms with Crippen LogP contribution in [0.15, 0.2) is 18.2 Å². The summed E-state index contributed by atoms with van der Waals surface area (Å²) in [5, 5.41) is 12.9. The Labute approximate surface area is 178 Å². The zero-order valence-corrected chi connectivity index (χ0v) is 18.6. The van der Waals surface area contributed by atoms with E-state index in [0.29, 0.717) is 36.6 Å². The molecule has 0 spiro atoms. The van der Waals surface area contributed by atoms with Crippen molar-refractivity contribution < 1.29 is 32.5 Å². The van der Waals surface area contributed by atoms with Crippen molar-refractivity contribution in [1.29, 1.82) is 0 Å². The number of nitrogens with zero attached hydrogens (tertiary/aromatic N) is 1. The molecule has 10 heteroatoms. The van der Waals surface area contributed by atoms with Crippen molar-refractivity contribution in [2.45, 2.75) is 44.8 Å². The quantitative estimate of drug-likeness (QED) is 0.526. The summed E-state index contributed by atoms with van der Waals surface area (Å²) < 4.78 is 42.4. The lowest BCUT2D eigenvalue weighted by Crippen LogP contribution is -2.53. The van der Waals surface area contributed by atoms with Crippen LogP contribution in [0.3, 0.4) is 0 Å². The first kappa shape index (κ1) is 24.2. The van der Waals surface area contributed by atoms with Crippen molar-refractivity contribution in [2.24, 2.45) is 0 Å². The number of hydrogen-bond donors (Lipinski definition) is 2. The Morgan fingerprint density at radius 3 is 2.53 bits per heavy atom. The van der Waals surface area contributed by atoms with Crippen LogP contribution >= 0.6 is 0 Å². The Kier molecular flexibility index (Phi) is 9.19. The van der Waals surface area contributed by atoms with Crippen LogP contribution in [0.1, 0.15) is 32.6 Å². The third-order valence-electron chi connectivity index (χ3n) is 4.89. The Morgan fingerprint density at radius 2 is 1.93 bits per heavy atom. The fourth-order valence-corrected chi connectivity index (χ4v) is 5.16. The van der Waals surface area contributed by atoms with E-state index < -0.39 is 28.1 Å². The molecule has 1 saturated heterocycles. The number of sulfonamides is 1. The van der Waals surface area contributed by atoms with Gasteiger partial charge in [-0.3, -0.25) is 4.79 Å². The molecular weight excluding hydrogens is 412 g/mol. The first-order valence-electron chi connectivity index (χ1n) is 10.1. The van der Waals surface area contributed by atoms with E-state index in [4.69, 9.17) is 14.2 Å². The molecule has 0 bridgehead atoms. The molecule has 1 heterocycles. The van der Waals surface area contributed by atoms with Crippen molar-refractivity contribution in [3.8, 4) is 17.2 Å². The molecule has 170 valence electrons. The molecular formula is C20H32N2O7S. The van der Waals surface area contributed by atoms with Gasteiger partial charge in [0.05, 0.1) is 20.0 Å². The molecule has 2 rings (SSSR count). The Hall–Kier alpha value is -2.04. The van der Waals surface area contributed by atoms with Crippen molar-refractivity contribution in [3.63, 3.8) is 0 Å². The number of para-hydroxylation sites is 1. The standard InChI is InChI=1S/C20H32N2O7S/c1-4-12-30(25,26)22-11-6-5-8-16(22)20(24)21-13-15(23)14-29-19-17(27-2)9-7-10-18(19)28-3/h7,9-10,15-16,23H,4-6,8,11-14H2,1-3H3,(H,21,24). The molecule has 1 amide bonds. The summed E-state index contributed by atoms with van der Waals surface area (Å²) in [5.41, 5.74) is 0. The van der Waals surface area contributed by atoms with E-state index in [0.717, 1.165) is 12.8 Å². The van der Waals surface area contributed by atoms with Crippen molar-refractivity contribution in [1.82, 2.24) is 9.62 Å². The number of ether oxygens (including phenoxy) is 3. The maximum Gasteiger partial charge on any atom is 0.238 e. The van der Waals surface area contributed by atoms with Crippen LogP contribution in [0.25, 0.3) is 0 Å². The summed E-state index contributed by atoms with van der Waals surface area (Å²) in [7, 11) is -0.469. The van der Waals surface area contributed by atoms with Crippen LogP contribution < -0.4 is 19.5 Å².